The van der Waals surface area contributed by atoms with Gasteiger partial charge in [-0.05, 0) is 0 Å². The second kappa shape index (κ2) is 5.52. The first-order chi connectivity index (χ1) is 10.3. The van der Waals surface area contributed by atoms with Gasteiger partial charge in [-0.1, -0.05) is 0 Å². The van der Waals surface area contributed by atoms with Crippen LogP contribution in [0.1, 0.15) is 43.5 Å². The average Bonchev–Trinajstić information content (AvgIpc) is 3.05. The topological polar surface area (TPSA) is 41.8 Å². The standard InChI is InChI=1S/C14H12N.C4H9.CH3.H2N.Ti/c1-10-9-13(14-7-4-8-15-14)12-6-3-2-5-11(10)12;1-4(2)3;;;/h2-10,15H,1H2;1-3H3;1H3;1H2;/q;;;-1;+1. The number of hydrogen-bond donors (Lipinski definition) is 2. The minimum atomic E-state index is -2.36. The van der Waals surface area contributed by atoms with Crippen LogP contribution in [0.15, 0.2) is 48.7 Å². The number of rotatable bonds is 3. The van der Waals surface area contributed by atoms with E-state index in [4.69, 9.17) is 4.22 Å². The van der Waals surface area contributed by atoms with Gasteiger partial charge in [0.25, 0.3) is 0 Å². The molecule has 0 spiro atoms. The summed E-state index contributed by atoms with van der Waals surface area (Å²) in [5.41, 5.74) is 5.34. The molecule has 0 aliphatic heterocycles. The van der Waals surface area contributed by atoms with Crippen molar-refractivity contribution in [3.8, 4) is 0 Å². The van der Waals surface area contributed by atoms with Crippen LogP contribution in [0, 0.1) is 0 Å². The van der Waals surface area contributed by atoms with E-state index in [1.807, 2.05) is 6.20 Å². The fourth-order valence-electron chi connectivity index (χ4n) is 3.11. The van der Waals surface area contributed by atoms with E-state index in [2.05, 4.69) is 73.5 Å². The zero-order valence-corrected chi connectivity index (χ0v) is 15.5. The number of aromatic amines is 1. The molecule has 1 aliphatic carbocycles. The molecule has 1 aromatic carbocycles. The van der Waals surface area contributed by atoms with Gasteiger partial charge in [0.2, 0.25) is 0 Å². The Hall–Kier alpha value is -1.09. The zero-order valence-electron chi connectivity index (χ0n) is 14.0. The molecule has 22 heavy (non-hydrogen) atoms. The number of allylic oxidation sites excluding steroid dienone is 1. The molecule has 2 nitrogen and oxygen atoms in total. The van der Waals surface area contributed by atoms with Gasteiger partial charge in [-0.3, -0.25) is 0 Å². The number of hydrogen-bond acceptors (Lipinski definition) is 1. The van der Waals surface area contributed by atoms with Crippen molar-refractivity contribution in [1.29, 1.82) is 0 Å². The Balaban J connectivity index is 1.99. The first-order valence-electron chi connectivity index (χ1n) is 8.03. The maximum absolute atomic E-state index is 6.85. The molecule has 3 rings (SSSR count). The Labute approximate surface area is 137 Å². The van der Waals surface area contributed by atoms with Crippen molar-refractivity contribution >= 4 is 5.57 Å². The van der Waals surface area contributed by atoms with Crippen LogP contribution in [0.2, 0.25) is 13.7 Å². The molecule has 1 heterocycles. The second-order valence-electron chi connectivity index (χ2n) is 7.73. The number of nitrogens with two attached hydrogens (primary N) is 1. The molecule has 1 aliphatic rings. The Bertz CT molecular complexity index is 690. The summed E-state index contributed by atoms with van der Waals surface area (Å²) in [5, 5.41) is 2.36. The molecule has 116 valence electrons. The Morgan fingerprint density at radius 2 is 1.86 bits per heavy atom. The Morgan fingerprint density at radius 1 is 1.14 bits per heavy atom. The Kier molecular flexibility index (Phi) is 3.97. The van der Waals surface area contributed by atoms with Crippen molar-refractivity contribution in [3.05, 3.63) is 65.5 Å². The van der Waals surface area contributed by atoms with Crippen LogP contribution >= 0.6 is 0 Å². The van der Waals surface area contributed by atoms with Crippen LogP contribution < -0.4 is 4.22 Å². The third-order valence-corrected chi connectivity index (χ3v) is 12.6. The maximum atomic E-state index is 6.85. The van der Waals surface area contributed by atoms with Crippen molar-refractivity contribution in [3.63, 3.8) is 0 Å². The molecule has 0 radical (unpaired) electrons. The molecule has 2 atom stereocenters. The first-order valence-corrected chi connectivity index (χ1v) is 12.4. The predicted molar refractivity (Wildman–Crippen MR) is 91.6 cm³/mol. The summed E-state index contributed by atoms with van der Waals surface area (Å²) in [6, 6.07) is 13.0. The van der Waals surface area contributed by atoms with E-state index in [0.717, 1.165) is 4.73 Å². The summed E-state index contributed by atoms with van der Waals surface area (Å²) < 4.78 is 8.25. The van der Waals surface area contributed by atoms with Crippen LogP contribution in [-0.2, 0) is 16.8 Å². The number of benzene rings is 1. The summed E-state index contributed by atoms with van der Waals surface area (Å²) in [5.74, 6) is 0.462. The van der Waals surface area contributed by atoms with Crippen LogP contribution in [0.25, 0.3) is 5.57 Å². The number of aromatic nitrogens is 1. The van der Waals surface area contributed by atoms with E-state index in [9.17, 15) is 0 Å². The fourth-order valence-corrected chi connectivity index (χ4v) is 6.02. The molecule has 2 unspecified atom stereocenters. The molecular formula is C19H26N2Ti. The summed E-state index contributed by atoms with van der Waals surface area (Å²) in [6.45, 7) is 6.93. The van der Waals surface area contributed by atoms with Crippen molar-refractivity contribution in [2.24, 2.45) is 4.22 Å². The van der Waals surface area contributed by atoms with E-state index in [-0.39, 0.29) is 3.72 Å². The van der Waals surface area contributed by atoms with E-state index < -0.39 is 16.8 Å². The SMILES string of the molecule is C[C](C)(C)[Ti]([CH3])([NH2])[CH2]C1C=C(c2ccc[nH]2)c2ccccc21. The van der Waals surface area contributed by atoms with Gasteiger partial charge in [-0.25, -0.2) is 0 Å². The van der Waals surface area contributed by atoms with Crippen molar-refractivity contribution in [2.75, 3.05) is 0 Å². The third-order valence-electron chi connectivity index (χ3n) is 5.26. The molecule has 0 amide bonds. The molecule has 3 N–H and O–H groups in total. The van der Waals surface area contributed by atoms with Crippen molar-refractivity contribution in [1.82, 2.24) is 4.98 Å². The Morgan fingerprint density at radius 3 is 2.50 bits per heavy atom. The van der Waals surface area contributed by atoms with E-state index >= 15 is 0 Å². The molecular weight excluding hydrogens is 304 g/mol. The molecule has 0 saturated heterocycles. The number of fused-ring (bicyclic) bond motifs is 1. The van der Waals surface area contributed by atoms with Gasteiger partial charge in [-0.15, -0.1) is 0 Å². The second-order valence-corrected chi connectivity index (χ2v) is 15.1. The fraction of sp³-hybridized carbons (Fsp3) is 0.368. The molecule has 3 heteroatoms. The van der Waals surface area contributed by atoms with Crippen LogP contribution in [0.5, 0.6) is 0 Å². The van der Waals surface area contributed by atoms with Gasteiger partial charge in [0.15, 0.2) is 0 Å². The molecule has 2 aromatic rings. The van der Waals surface area contributed by atoms with Gasteiger partial charge < -0.3 is 0 Å². The van der Waals surface area contributed by atoms with Crippen LogP contribution in [0.4, 0.5) is 0 Å². The van der Waals surface area contributed by atoms with Crippen LogP contribution in [-0.4, -0.2) is 4.98 Å². The summed E-state index contributed by atoms with van der Waals surface area (Å²) in [6.07, 6.45) is 4.42. The van der Waals surface area contributed by atoms with Crippen molar-refractivity contribution in [2.45, 2.75) is 40.4 Å². The normalized spacial score (nSPS) is 20.4. The molecule has 0 bridgehead atoms. The number of nitrogens with one attached hydrogen (secondary N) is 1. The first kappa shape index (κ1) is 15.8. The summed E-state index contributed by atoms with van der Waals surface area (Å²) in [4.78, 5) is 3.35. The van der Waals surface area contributed by atoms with Gasteiger partial charge in [0.05, 0.1) is 0 Å². The average molecular weight is 330 g/mol. The van der Waals surface area contributed by atoms with E-state index in [1.54, 1.807) is 0 Å². The quantitative estimate of drug-likeness (QED) is 0.741. The van der Waals surface area contributed by atoms with Gasteiger partial charge >= 0.3 is 137 Å². The molecule has 0 fully saturated rings. The molecule has 1 aromatic heterocycles. The van der Waals surface area contributed by atoms with Crippen molar-refractivity contribution < 1.29 is 16.8 Å². The molecule has 0 saturated carbocycles. The summed E-state index contributed by atoms with van der Waals surface area (Å²) in [7, 11) is 0. The van der Waals surface area contributed by atoms with E-state index in [1.165, 1.54) is 22.4 Å². The van der Waals surface area contributed by atoms with Gasteiger partial charge in [-0.2, -0.15) is 0 Å². The van der Waals surface area contributed by atoms with Gasteiger partial charge in [0, 0.05) is 0 Å². The monoisotopic (exact) mass is 330 g/mol. The van der Waals surface area contributed by atoms with E-state index in [0.29, 0.717) is 5.92 Å². The minimum absolute atomic E-state index is 0.262. The zero-order chi connectivity index (χ0) is 16.0. The summed E-state index contributed by atoms with van der Waals surface area (Å²) >= 11 is -2.36. The van der Waals surface area contributed by atoms with Gasteiger partial charge in [0.1, 0.15) is 0 Å². The number of H-pyrrole nitrogens is 1. The van der Waals surface area contributed by atoms with Crippen LogP contribution in [0.3, 0.4) is 0 Å². The third kappa shape index (κ3) is 2.76. The predicted octanol–water partition coefficient (Wildman–Crippen LogP) is 5.26.